The summed E-state index contributed by atoms with van der Waals surface area (Å²) in [6.45, 7) is 4.01. The molecule has 0 amide bonds. The van der Waals surface area contributed by atoms with E-state index in [9.17, 15) is 17.4 Å². The SMILES string of the molecule is CCCC(C)CS(=O)c1ccc(C(F)(F)F)cc1N. The van der Waals surface area contributed by atoms with Gasteiger partial charge in [0.05, 0.1) is 21.3 Å². The monoisotopic (exact) mass is 293 g/mol. The lowest BCUT2D eigenvalue weighted by atomic mass is 10.1. The number of nitrogen functional groups attached to an aromatic ring is 1. The molecule has 1 aromatic rings. The molecule has 1 rings (SSSR count). The zero-order chi connectivity index (χ0) is 14.6. The maximum absolute atomic E-state index is 12.5. The van der Waals surface area contributed by atoms with Gasteiger partial charge in [-0.2, -0.15) is 13.2 Å². The van der Waals surface area contributed by atoms with Crippen LogP contribution in [0.1, 0.15) is 32.3 Å². The Morgan fingerprint density at radius 3 is 2.47 bits per heavy atom. The van der Waals surface area contributed by atoms with Crippen molar-refractivity contribution in [3.63, 3.8) is 0 Å². The molecule has 0 spiro atoms. The van der Waals surface area contributed by atoms with Crippen LogP contribution in [0, 0.1) is 5.92 Å². The highest BCUT2D eigenvalue weighted by atomic mass is 32.2. The van der Waals surface area contributed by atoms with Gasteiger partial charge in [0.25, 0.3) is 0 Å². The Balaban J connectivity index is 2.88. The third kappa shape index (κ3) is 4.53. The van der Waals surface area contributed by atoms with Gasteiger partial charge >= 0.3 is 6.18 Å². The Kier molecular flexibility index (Phi) is 5.40. The fourth-order valence-electron chi connectivity index (χ4n) is 1.86. The molecule has 0 aromatic heterocycles. The Labute approximate surface area is 113 Å². The predicted octanol–water partition coefficient (Wildman–Crippen LogP) is 3.83. The Bertz CT molecular complexity index is 460. The average Bonchev–Trinajstić information content (AvgIpc) is 2.27. The molecule has 1 aromatic carbocycles. The highest BCUT2D eigenvalue weighted by molar-refractivity contribution is 7.85. The molecule has 0 aliphatic heterocycles. The van der Waals surface area contributed by atoms with Crippen LogP contribution in [0.15, 0.2) is 23.1 Å². The van der Waals surface area contributed by atoms with Gasteiger partial charge in [0.15, 0.2) is 0 Å². The highest BCUT2D eigenvalue weighted by Gasteiger charge is 2.31. The summed E-state index contributed by atoms with van der Waals surface area (Å²) in [6.07, 6.45) is -2.50. The van der Waals surface area contributed by atoms with Gasteiger partial charge in [0.1, 0.15) is 0 Å². The van der Waals surface area contributed by atoms with Gasteiger partial charge in [0, 0.05) is 11.4 Å². The summed E-state index contributed by atoms with van der Waals surface area (Å²) >= 11 is 0. The van der Waals surface area contributed by atoms with Crippen molar-refractivity contribution in [1.82, 2.24) is 0 Å². The molecule has 0 heterocycles. The molecule has 2 atom stereocenters. The molecule has 0 aliphatic carbocycles. The minimum absolute atomic E-state index is 0.0585. The smallest absolute Gasteiger partial charge is 0.398 e. The van der Waals surface area contributed by atoms with Gasteiger partial charge in [-0.3, -0.25) is 4.21 Å². The van der Waals surface area contributed by atoms with Crippen LogP contribution in [-0.2, 0) is 17.0 Å². The molecule has 0 radical (unpaired) electrons. The quantitative estimate of drug-likeness (QED) is 0.838. The molecule has 19 heavy (non-hydrogen) atoms. The maximum Gasteiger partial charge on any atom is 0.416 e. The number of hydrogen-bond acceptors (Lipinski definition) is 2. The van der Waals surface area contributed by atoms with Gasteiger partial charge in [-0.25, -0.2) is 0 Å². The molecular weight excluding hydrogens is 275 g/mol. The molecule has 0 saturated heterocycles. The number of hydrogen-bond donors (Lipinski definition) is 1. The van der Waals surface area contributed by atoms with Crippen LogP contribution in [0.5, 0.6) is 0 Å². The van der Waals surface area contributed by atoms with Crippen LogP contribution in [0.25, 0.3) is 0 Å². The highest BCUT2D eigenvalue weighted by Crippen LogP contribution is 2.32. The average molecular weight is 293 g/mol. The van der Waals surface area contributed by atoms with E-state index in [-0.39, 0.29) is 16.5 Å². The molecule has 0 bridgehead atoms. The molecular formula is C13H18F3NOS. The fourth-order valence-corrected chi connectivity index (χ4v) is 3.26. The minimum atomic E-state index is -4.43. The van der Waals surface area contributed by atoms with Crippen molar-refractivity contribution in [2.75, 3.05) is 11.5 Å². The Hall–Kier alpha value is -1.04. The standard InChI is InChI=1S/C13H18F3NOS/c1-3-4-9(2)8-19(18)12-6-5-10(7-11(12)17)13(14,15)16/h5-7,9H,3-4,8,17H2,1-2H3. The lowest BCUT2D eigenvalue weighted by Gasteiger charge is -2.13. The number of anilines is 1. The molecule has 0 saturated carbocycles. The summed E-state index contributed by atoms with van der Waals surface area (Å²) < 4.78 is 49.5. The first-order valence-electron chi connectivity index (χ1n) is 6.10. The van der Waals surface area contributed by atoms with Crippen LogP contribution in [0.3, 0.4) is 0 Å². The van der Waals surface area contributed by atoms with Crippen molar-refractivity contribution in [3.8, 4) is 0 Å². The van der Waals surface area contributed by atoms with Crippen molar-refractivity contribution in [2.45, 2.75) is 37.8 Å². The zero-order valence-electron chi connectivity index (χ0n) is 11.0. The van der Waals surface area contributed by atoms with E-state index < -0.39 is 22.5 Å². The van der Waals surface area contributed by atoms with E-state index in [1.807, 2.05) is 13.8 Å². The van der Waals surface area contributed by atoms with Crippen molar-refractivity contribution >= 4 is 16.5 Å². The van der Waals surface area contributed by atoms with Crippen molar-refractivity contribution < 1.29 is 17.4 Å². The molecule has 2 nitrogen and oxygen atoms in total. The fraction of sp³-hybridized carbons (Fsp3) is 0.538. The van der Waals surface area contributed by atoms with Gasteiger partial charge < -0.3 is 5.73 Å². The van der Waals surface area contributed by atoms with Gasteiger partial charge in [-0.15, -0.1) is 0 Å². The maximum atomic E-state index is 12.5. The molecule has 0 aliphatic rings. The Morgan fingerprint density at radius 2 is 2.00 bits per heavy atom. The van der Waals surface area contributed by atoms with Crippen molar-refractivity contribution in [2.24, 2.45) is 5.92 Å². The largest absolute Gasteiger partial charge is 0.416 e. The summed E-state index contributed by atoms with van der Waals surface area (Å²) in [5, 5.41) is 0. The third-order valence-corrected chi connectivity index (χ3v) is 4.53. The second-order valence-electron chi connectivity index (χ2n) is 4.66. The molecule has 2 unspecified atom stereocenters. The second kappa shape index (κ2) is 6.41. The summed E-state index contributed by atoms with van der Waals surface area (Å²) in [6, 6.07) is 2.98. The van der Waals surface area contributed by atoms with E-state index in [0.717, 1.165) is 25.0 Å². The van der Waals surface area contributed by atoms with E-state index in [2.05, 4.69) is 0 Å². The van der Waals surface area contributed by atoms with Crippen LogP contribution >= 0.6 is 0 Å². The van der Waals surface area contributed by atoms with Gasteiger partial charge in [0.2, 0.25) is 0 Å². The van der Waals surface area contributed by atoms with Gasteiger partial charge in [-0.05, 0) is 24.1 Å². The number of benzene rings is 1. The number of rotatable bonds is 5. The first-order chi connectivity index (χ1) is 8.75. The molecule has 0 fully saturated rings. The molecule has 6 heteroatoms. The van der Waals surface area contributed by atoms with Crippen molar-refractivity contribution in [1.29, 1.82) is 0 Å². The summed E-state index contributed by atoms with van der Waals surface area (Å²) in [5.74, 6) is 0.677. The predicted molar refractivity (Wildman–Crippen MR) is 71.2 cm³/mol. The van der Waals surface area contributed by atoms with Crippen LogP contribution in [0.4, 0.5) is 18.9 Å². The normalized spacial score (nSPS) is 15.2. The van der Waals surface area contributed by atoms with Gasteiger partial charge in [-0.1, -0.05) is 26.7 Å². The van der Waals surface area contributed by atoms with E-state index in [4.69, 9.17) is 5.73 Å². The first-order valence-corrected chi connectivity index (χ1v) is 7.42. The van der Waals surface area contributed by atoms with Crippen LogP contribution in [0.2, 0.25) is 0 Å². The van der Waals surface area contributed by atoms with E-state index in [0.29, 0.717) is 5.75 Å². The van der Waals surface area contributed by atoms with E-state index in [1.165, 1.54) is 6.07 Å². The second-order valence-corrected chi connectivity index (χ2v) is 6.12. The summed E-state index contributed by atoms with van der Waals surface area (Å²) in [7, 11) is -1.35. The summed E-state index contributed by atoms with van der Waals surface area (Å²) in [4.78, 5) is 0.288. The van der Waals surface area contributed by atoms with E-state index in [1.54, 1.807) is 0 Å². The van der Waals surface area contributed by atoms with Crippen molar-refractivity contribution in [3.05, 3.63) is 23.8 Å². The minimum Gasteiger partial charge on any atom is -0.398 e. The Morgan fingerprint density at radius 1 is 1.37 bits per heavy atom. The lowest BCUT2D eigenvalue weighted by molar-refractivity contribution is -0.137. The molecule has 108 valence electrons. The van der Waals surface area contributed by atoms with E-state index >= 15 is 0 Å². The van der Waals surface area contributed by atoms with Crippen LogP contribution < -0.4 is 5.73 Å². The first kappa shape index (κ1) is 16.0. The molecule has 2 N–H and O–H groups in total. The topological polar surface area (TPSA) is 43.1 Å². The third-order valence-electron chi connectivity index (χ3n) is 2.80. The number of alkyl halides is 3. The van der Waals surface area contributed by atoms with Crippen LogP contribution in [-0.4, -0.2) is 9.96 Å². The zero-order valence-corrected chi connectivity index (χ0v) is 11.8. The number of halogens is 3. The number of nitrogens with two attached hydrogens (primary N) is 1. The lowest BCUT2D eigenvalue weighted by Crippen LogP contribution is -2.11. The summed E-state index contributed by atoms with van der Waals surface area (Å²) in [5.41, 5.74) is 4.70.